The first-order chi connectivity index (χ1) is 13.3. The van der Waals surface area contributed by atoms with Gasteiger partial charge >= 0.3 is 0 Å². The summed E-state index contributed by atoms with van der Waals surface area (Å²) in [5.41, 5.74) is 3.56. The molecule has 1 fully saturated rings. The number of piperidine rings is 1. The normalized spacial score (nSPS) is 17.7. The Balaban J connectivity index is 1.34. The Hall–Kier alpha value is -2.79. The van der Waals surface area contributed by atoms with Crippen molar-refractivity contribution in [2.24, 2.45) is 0 Å². The Morgan fingerprint density at radius 3 is 2.74 bits per heavy atom. The maximum Gasteiger partial charge on any atom is 0.251 e. The maximum atomic E-state index is 12.7. The molecule has 5 heteroatoms. The monoisotopic (exact) mass is 360 g/mol. The van der Waals surface area contributed by atoms with E-state index < -0.39 is 0 Å². The summed E-state index contributed by atoms with van der Waals surface area (Å²) in [7, 11) is 0. The van der Waals surface area contributed by atoms with Crippen molar-refractivity contribution < 1.29 is 4.79 Å². The second-order valence-electron chi connectivity index (χ2n) is 7.11. The molecule has 1 saturated heterocycles. The third-order valence-electron chi connectivity index (χ3n) is 5.13. The van der Waals surface area contributed by atoms with Crippen molar-refractivity contribution in [3.05, 3.63) is 72.1 Å². The third kappa shape index (κ3) is 4.49. The first-order valence-electron chi connectivity index (χ1n) is 9.56. The average molecular weight is 360 g/mol. The minimum Gasteiger partial charge on any atom is -0.348 e. The molecular formula is C22H24N4O. The molecule has 0 aliphatic carbocycles. The van der Waals surface area contributed by atoms with E-state index in [-0.39, 0.29) is 11.9 Å². The smallest absolute Gasteiger partial charge is 0.251 e. The number of amides is 1. The molecule has 1 N–H and O–H groups in total. The maximum absolute atomic E-state index is 12.7. The Bertz CT molecular complexity index is 912. The van der Waals surface area contributed by atoms with Gasteiger partial charge in [-0.3, -0.25) is 14.8 Å². The van der Waals surface area contributed by atoms with Gasteiger partial charge in [-0.15, -0.1) is 0 Å². The van der Waals surface area contributed by atoms with E-state index in [1.165, 1.54) is 5.56 Å². The number of aromatic nitrogens is 2. The largest absolute Gasteiger partial charge is 0.348 e. The predicted molar refractivity (Wildman–Crippen MR) is 107 cm³/mol. The van der Waals surface area contributed by atoms with E-state index in [4.69, 9.17) is 0 Å². The van der Waals surface area contributed by atoms with E-state index in [1.807, 2.05) is 24.3 Å². The fourth-order valence-corrected chi connectivity index (χ4v) is 3.68. The molecule has 1 aromatic heterocycles. The van der Waals surface area contributed by atoms with Crippen LogP contribution in [0.2, 0.25) is 0 Å². The molecule has 0 radical (unpaired) electrons. The van der Waals surface area contributed by atoms with E-state index >= 15 is 0 Å². The lowest BCUT2D eigenvalue weighted by atomic mass is 10.0. The van der Waals surface area contributed by atoms with Gasteiger partial charge in [0.05, 0.1) is 11.0 Å². The van der Waals surface area contributed by atoms with Crippen LogP contribution in [0.15, 0.2) is 60.9 Å². The van der Waals surface area contributed by atoms with E-state index in [2.05, 4.69) is 44.5 Å². The Morgan fingerprint density at radius 1 is 1.07 bits per heavy atom. The van der Waals surface area contributed by atoms with Crippen molar-refractivity contribution in [2.75, 3.05) is 19.6 Å². The van der Waals surface area contributed by atoms with Gasteiger partial charge in [0.15, 0.2) is 0 Å². The van der Waals surface area contributed by atoms with Gasteiger partial charge in [0.2, 0.25) is 0 Å². The molecule has 0 unspecified atom stereocenters. The highest BCUT2D eigenvalue weighted by Crippen LogP contribution is 2.14. The van der Waals surface area contributed by atoms with Crippen LogP contribution in [0.3, 0.4) is 0 Å². The number of carbonyl (C=O) groups excluding carboxylic acids is 1. The second-order valence-corrected chi connectivity index (χ2v) is 7.11. The van der Waals surface area contributed by atoms with Gasteiger partial charge in [-0.2, -0.15) is 0 Å². The number of likely N-dealkylation sites (tertiary alicyclic amines) is 1. The van der Waals surface area contributed by atoms with E-state index in [0.717, 1.165) is 49.9 Å². The standard InChI is InChI=1S/C22H24N4O/c27-22(18-8-9-20-21(15-18)24-12-11-23-20)25-19-7-4-13-26(16-19)14-10-17-5-2-1-3-6-17/h1-3,5-6,8-9,11-12,15,19H,4,7,10,13-14,16H2,(H,25,27)/t19-/m0/s1. The summed E-state index contributed by atoms with van der Waals surface area (Å²) in [6.45, 7) is 3.04. The summed E-state index contributed by atoms with van der Waals surface area (Å²) in [5.74, 6) is -0.0301. The van der Waals surface area contributed by atoms with E-state index in [0.29, 0.717) is 5.56 Å². The summed E-state index contributed by atoms with van der Waals surface area (Å²) in [5, 5.41) is 3.20. The fraction of sp³-hybridized carbons (Fsp3) is 0.318. The topological polar surface area (TPSA) is 58.1 Å². The number of carbonyl (C=O) groups is 1. The van der Waals surface area contributed by atoms with Crippen LogP contribution in [-0.2, 0) is 6.42 Å². The van der Waals surface area contributed by atoms with Crippen molar-refractivity contribution in [2.45, 2.75) is 25.3 Å². The summed E-state index contributed by atoms with van der Waals surface area (Å²) in [6, 6.07) is 16.2. The van der Waals surface area contributed by atoms with Gasteiger partial charge in [-0.25, -0.2) is 0 Å². The van der Waals surface area contributed by atoms with Crippen molar-refractivity contribution in [3.63, 3.8) is 0 Å². The highest BCUT2D eigenvalue weighted by Gasteiger charge is 2.21. The molecule has 0 bridgehead atoms. The van der Waals surface area contributed by atoms with E-state index in [1.54, 1.807) is 12.4 Å². The first-order valence-corrected chi connectivity index (χ1v) is 9.56. The molecular weight excluding hydrogens is 336 g/mol. The lowest BCUT2D eigenvalue weighted by Crippen LogP contribution is -2.48. The van der Waals surface area contributed by atoms with Crippen LogP contribution in [0.5, 0.6) is 0 Å². The summed E-state index contributed by atoms with van der Waals surface area (Å²) in [4.78, 5) is 23.7. The number of benzene rings is 2. The number of hydrogen-bond donors (Lipinski definition) is 1. The fourth-order valence-electron chi connectivity index (χ4n) is 3.68. The van der Waals surface area contributed by atoms with Gasteiger partial charge in [-0.1, -0.05) is 30.3 Å². The van der Waals surface area contributed by atoms with Crippen LogP contribution in [0, 0.1) is 0 Å². The van der Waals surface area contributed by atoms with Gasteiger partial charge in [0.25, 0.3) is 5.91 Å². The number of rotatable bonds is 5. The zero-order chi connectivity index (χ0) is 18.5. The highest BCUT2D eigenvalue weighted by atomic mass is 16.1. The van der Waals surface area contributed by atoms with Crippen LogP contribution in [0.25, 0.3) is 11.0 Å². The van der Waals surface area contributed by atoms with E-state index in [9.17, 15) is 4.79 Å². The molecule has 27 heavy (non-hydrogen) atoms. The molecule has 1 atom stereocenters. The number of fused-ring (bicyclic) bond motifs is 1. The van der Waals surface area contributed by atoms with Crippen LogP contribution in [0.4, 0.5) is 0 Å². The van der Waals surface area contributed by atoms with Gasteiger partial charge in [0, 0.05) is 37.1 Å². The Kier molecular flexibility index (Phi) is 5.39. The zero-order valence-corrected chi connectivity index (χ0v) is 15.3. The number of hydrogen-bond acceptors (Lipinski definition) is 4. The van der Waals surface area contributed by atoms with Crippen LogP contribution < -0.4 is 5.32 Å². The SMILES string of the molecule is O=C(N[C@H]1CCCN(CCc2ccccc2)C1)c1ccc2nccnc2c1. The van der Waals surface area contributed by atoms with Crippen LogP contribution in [0.1, 0.15) is 28.8 Å². The lowest BCUT2D eigenvalue weighted by molar-refractivity contribution is 0.0904. The summed E-state index contributed by atoms with van der Waals surface area (Å²) >= 11 is 0. The lowest BCUT2D eigenvalue weighted by Gasteiger charge is -2.33. The van der Waals surface area contributed by atoms with Crippen molar-refractivity contribution >= 4 is 16.9 Å². The molecule has 1 aliphatic heterocycles. The zero-order valence-electron chi connectivity index (χ0n) is 15.3. The summed E-state index contributed by atoms with van der Waals surface area (Å²) < 4.78 is 0. The predicted octanol–water partition coefficient (Wildman–Crippen LogP) is 3.07. The number of nitrogens with zero attached hydrogens (tertiary/aromatic N) is 3. The molecule has 0 saturated carbocycles. The van der Waals surface area contributed by atoms with Gasteiger partial charge in [-0.05, 0) is 49.6 Å². The second kappa shape index (κ2) is 8.27. The summed E-state index contributed by atoms with van der Waals surface area (Å²) in [6.07, 6.45) is 6.50. The molecule has 2 aromatic carbocycles. The van der Waals surface area contributed by atoms with Gasteiger partial charge < -0.3 is 10.2 Å². The Morgan fingerprint density at radius 2 is 1.89 bits per heavy atom. The van der Waals surface area contributed by atoms with Crippen molar-refractivity contribution in [3.8, 4) is 0 Å². The molecule has 1 aliphatic rings. The molecule has 2 heterocycles. The van der Waals surface area contributed by atoms with Crippen molar-refractivity contribution in [1.29, 1.82) is 0 Å². The average Bonchev–Trinajstić information content (AvgIpc) is 2.73. The molecule has 0 spiro atoms. The first kappa shape index (κ1) is 17.6. The molecule has 138 valence electrons. The quantitative estimate of drug-likeness (QED) is 0.760. The Labute approximate surface area is 159 Å². The molecule has 4 rings (SSSR count). The minimum absolute atomic E-state index is 0.0301. The molecule has 1 amide bonds. The highest BCUT2D eigenvalue weighted by molar-refractivity contribution is 5.97. The van der Waals surface area contributed by atoms with Gasteiger partial charge in [0.1, 0.15) is 0 Å². The molecule has 3 aromatic rings. The molecule has 5 nitrogen and oxygen atoms in total. The third-order valence-corrected chi connectivity index (χ3v) is 5.13. The minimum atomic E-state index is -0.0301. The van der Waals surface area contributed by atoms with Crippen LogP contribution >= 0.6 is 0 Å². The number of nitrogens with one attached hydrogen (secondary N) is 1. The van der Waals surface area contributed by atoms with Crippen LogP contribution in [-0.4, -0.2) is 46.5 Å². The van der Waals surface area contributed by atoms with Crippen molar-refractivity contribution in [1.82, 2.24) is 20.2 Å².